The molecule has 0 bridgehead atoms. The van der Waals surface area contributed by atoms with Gasteiger partial charge in [-0.2, -0.15) is 0 Å². The quantitative estimate of drug-likeness (QED) is 0.654. The summed E-state index contributed by atoms with van der Waals surface area (Å²) < 4.78 is 0. The number of nitrogens with zero attached hydrogens (tertiary/aromatic N) is 2. The van der Waals surface area contributed by atoms with Crippen LogP contribution in [0.15, 0.2) is 60.7 Å². The molecule has 1 aliphatic heterocycles. The van der Waals surface area contributed by atoms with E-state index < -0.39 is 0 Å². The number of rotatable bonds is 2. The zero-order valence-corrected chi connectivity index (χ0v) is 15.4. The van der Waals surface area contributed by atoms with Crippen molar-refractivity contribution in [1.29, 1.82) is 0 Å². The Hall–Kier alpha value is -2.68. The largest absolute Gasteiger partial charge is 0.338 e. The lowest BCUT2D eigenvalue weighted by molar-refractivity contribution is 0.0625. The SMILES string of the molecule is CC1CC(C)CN(C(=O)c2cc(-c3ccccc3)nc3ccccc23)C1. The molecule has 132 valence electrons. The number of piperidine rings is 1. The maximum absolute atomic E-state index is 13.4. The van der Waals surface area contributed by atoms with E-state index in [-0.39, 0.29) is 5.91 Å². The first-order chi connectivity index (χ1) is 12.6. The summed E-state index contributed by atoms with van der Waals surface area (Å²) in [6, 6.07) is 20.0. The van der Waals surface area contributed by atoms with Crippen LogP contribution in [0.5, 0.6) is 0 Å². The fourth-order valence-electron chi connectivity index (χ4n) is 4.11. The zero-order valence-electron chi connectivity index (χ0n) is 15.4. The number of carbonyl (C=O) groups is 1. The van der Waals surface area contributed by atoms with E-state index in [0.29, 0.717) is 11.8 Å². The molecule has 4 rings (SSSR count). The second-order valence-corrected chi connectivity index (χ2v) is 7.59. The average Bonchev–Trinajstić information content (AvgIpc) is 2.66. The summed E-state index contributed by atoms with van der Waals surface area (Å²) in [4.78, 5) is 20.2. The minimum absolute atomic E-state index is 0.124. The third-order valence-corrected chi connectivity index (χ3v) is 5.17. The van der Waals surface area contributed by atoms with E-state index in [9.17, 15) is 4.79 Å². The van der Waals surface area contributed by atoms with Gasteiger partial charge in [-0.1, -0.05) is 62.4 Å². The summed E-state index contributed by atoms with van der Waals surface area (Å²) in [6.45, 7) is 6.13. The molecule has 1 aromatic heterocycles. The first-order valence-corrected chi connectivity index (χ1v) is 9.36. The van der Waals surface area contributed by atoms with Crippen molar-refractivity contribution in [2.75, 3.05) is 13.1 Å². The minimum Gasteiger partial charge on any atom is -0.338 e. The van der Waals surface area contributed by atoms with Crippen LogP contribution in [-0.2, 0) is 0 Å². The highest BCUT2D eigenvalue weighted by Crippen LogP contribution is 2.28. The number of likely N-dealkylation sites (tertiary alicyclic amines) is 1. The molecule has 2 atom stereocenters. The smallest absolute Gasteiger partial charge is 0.254 e. The van der Waals surface area contributed by atoms with Crippen LogP contribution in [0.4, 0.5) is 0 Å². The van der Waals surface area contributed by atoms with Crippen molar-refractivity contribution < 1.29 is 4.79 Å². The van der Waals surface area contributed by atoms with Gasteiger partial charge in [0, 0.05) is 24.0 Å². The molecule has 0 spiro atoms. The van der Waals surface area contributed by atoms with Crippen molar-refractivity contribution in [3.8, 4) is 11.3 Å². The molecule has 3 heteroatoms. The van der Waals surface area contributed by atoms with E-state index in [4.69, 9.17) is 4.98 Å². The molecule has 1 aliphatic rings. The van der Waals surface area contributed by atoms with Gasteiger partial charge >= 0.3 is 0 Å². The van der Waals surface area contributed by atoms with Gasteiger partial charge in [0.05, 0.1) is 16.8 Å². The number of benzene rings is 2. The molecule has 0 aliphatic carbocycles. The van der Waals surface area contributed by atoms with Gasteiger partial charge in [-0.15, -0.1) is 0 Å². The molecular weight excluding hydrogens is 320 g/mol. The lowest BCUT2D eigenvalue weighted by Gasteiger charge is -2.35. The summed E-state index contributed by atoms with van der Waals surface area (Å²) in [5, 5.41) is 0.933. The standard InChI is InChI=1S/C23H24N2O/c1-16-12-17(2)15-25(14-16)23(26)20-13-22(18-8-4-3-5-9-18)24-21-11-7-6-10-19(20)21/h3-11,13,16-17H,12,14-15H2,1-2H3. The molecule has 3 nitrogen and oxygen atoms in total. The predicted octanol–water partition coefficient (Wildman–Crippen LogP) is 5.02. The highest BCUT2D eigenvalue weighted by atomic mass is 16.2. The van der Waals surface area contributed by atoms with Gasteiger partial charge in [-0.25, -0.2) is 4.98 Å². The third-order valence-electron chi connectivity index (χ3n) is 5.17. The van der Waals surface area contributed by atoms with E-state index >= 15 is 0 Å². The Morgan fingerprint density at radius 3 is 2.35 bits per heavy atom. The lowest BCUT2D eigenvalue weighted by Crippen LogP contribution is -2.42. The van der Waals surface area contributed by atoms with Gasteiger partial charge < -0.3 is 4.90 Å². The highest BCUT2D eigenvalue weighted by molar-refractivity contribution is 6.07. The summed E-state index contributed by atoms with van der Waals surface area (Å²) in [7, 11) is 0. The fraction of sp³-hybridized carbons (Fsp3) is 0.304. The Labute approximate surface area is 154 Å². The maximum Gasteiger partial charge on any atom is 0.254 e. The van der Waals surface area contributed by atoms with Gasteiger partial charge in [0.2, 0.25) is 0 Å². The molecule has 1 saturated heterocycles. The summed E-state index contributed by atoms with van der Waals surface area (Å²) in [5.74, 6) is 1.22. The maximum atomic E-state index is 13.4. The molecule has 1 amide bonds. The van der Waals surface area contributed by atoms with Crippen LogP contribution in [0, 0.1) is 11.8 Å². The number of carbonyl (C=O) groups excluding carboxylic acids is 1. The molecule has 0 N–H and O–H groups in total. The Kier molecular flexibility index (Phi) is 4.46. The van der Waals surface area contributed by atoms with Crippen molar-refractivity contribution in [2.24, 2.45) is 11.8 Å². The molecule has 2 unspecified atom stereocenters. The summed E-state index contributed by atoms with van der Waals surface area (Å²) in [5.41, 5.74) is 3.52. The predicted molar refractivity (Wildman–Crippen MR) is 106 cm³/mol. The number of hydrogen-bond donors (Lipinski definition) is 0. The molecule has 3 aromatic rings. The van der Waals surface area contributed by atoms with Crippen molar-refractivity contribution >= 4 is 16.8 Å². The highest BCUT2D eigenvalue weighted by Gasteiger charge is 2.27. The Morgan fingerprint density at radius 1 is 0.962 bits per heavy atom. The van der Waals surface area contributed by atoms with Gasteiger partial charge in [-0.05, 0) is 30.4 Å². The van der Waals surface area contributed by atoms with Crippen LogP contribution in [0.2, 0.25) is 0 Å². The van der Waals surface area contributed by atoms with Gasteiger partial charge in [0.1, 0.15) is 0 Å². The van der Waals surface area contributed by atoms with Crippen LogP contribution >= 0.6 is 0 Å². The molecule has 0 radical (unpaired) electrons. The van der Waals surface area contributed by atoms with Crippen LogP contribution in [-0.4, -0.2) is 28.9 Å². The Balaban J connectivity index is 1.81. The molecule has 26 heavy (non-hydrogen) atoms. The third kappa shape index (κ3) is 3.22. The normalized spacial score (nSPS) is 20.3. The lowest BCUT2D eigenvalue weighted by atomic mass is 9.91. The number of amides is 1. The van der Waals surface area contributed by atoms with E-state index in [1.54, 1.807) is 0 Å². The Bertz CT molecular complexity index is 925. The van der Waals surface area contributed by atoms with Gasteiger partial charge in [0.15, 0.2) is 0 Å². The van der Waals surface area contributed by atoms with E-state index in [1.807, 2.05) is 65.6 Å². The molecule has 1 fully saturated rings. The van der Waals surface area contributed by atoms with Crippen LogP contribution in [0.25, 0.3) is 22.2 Å². The number of fused-ring (bicyclic) bond motifs is 1. The van der Waals surface area contributed by atoms with Crippen LogP contribution in [0.3, 0.4) is 0 Å². The first-order valence-electron chi connectivity index (χ1n) is 9.36. The number of para-hydroxylation sites is 1. The second-order valence-electron chi connectivity index (χ2n) is 7.59. The fourth-order valence-corrected chi connectivity index (χ4v) is 4.11. The molecule has 2 aromatic carbocycles. The molecule has 0 saturated carbocycles. The summed E-state index contributed by atoms with van der Waals surface area (Å²) >= 11 is 0. The van der Waals surface area contributed by atoms with E-state index in [0.717, 1.165) is 40.8 Å². The van der Waals surface area contributed by atoms with Gasteiger partial charge in [0.25, 0.3) is 5.91 Å². The van der Waals surface area contributed by atoms with E-state index in [2.05, 4.69) is 13.8 Å². The van der Waals surface area contributed by atoms with Crippen molar-refractivity contribution in [3.63, 3.8) is 0 Å². The second kappa shape index (κ2) is 6.91. The first kappa shape index (κ1) is 16.8. The van der Waals surface area contributed by atoms with Crippen LogP contribution in [0.1, 0.15) is 30.6 Å². The minimum atomic E-state index is 0.124. The van der Waals surface area contributed by atoms with Crippen molar-refractivity contribution in [2.45, 2.75) is 20.3 Å². The Morgan fingerprint density at radius 2 is 1.62 bits per heavy atom. The molecule has 2 heterocycles. The average molecular weight is 344 g/mol. The number of aromatic nitrogens is 1. The topological polar surface area (TPSA) is 33.2 Å². The van der Waals surface area contributed by atoms with E-state index in [1.165, 1.54) is 6.42 Å². The van der Waals surface area contributed by atoms with Gasteiger partial charge in [-0.3, -0.25) is 4.79 Å². The van der Waals surface area contributed by atoms with Crippen LogP contribution < -0.4 is 0 Å². The number of hydrogen-bond acceptors (Lipinski definition) is 2. The van der Waals surface area contributed by atoms with Crippen molar-refractivity contribution in [3.05, 3.63) is 66.2 Å². The molecular formula is C23H24N2O. The monoisotopic (exact) mass is 344 g/mol. The zero-order chi connectivity index (χ0) is 18.1. The summed E-state index contributed by atoms with van der Waals surface area (Å²) in [6.07, 6.45) is 1.19. The van der Waals surface area contributed by atoms with Crippen molar-refractivity contribution in [1.82, 2.24) is 9.88 Å². The number of pyridine rings is 1.